The predicted octanol–water partition coefficient (Wildman–Crippen LogP) is 4.47. The third-order valence-corrected chi connectivity index (χ3v) is 5.29. The fourth-order valence-corrected chi connectivity index (χ4v) is 2.99. The van der Waals surface area contributed by atoms with Gasteiger partial charge in [0.1, 0.15) is 12.4 Å². The number of carbonyl (C=O) groups is 1. The van der Waals surface area contributed by atoms with Crippen molar-refractivity contribution in [2.75, 3.05) is 5.32 Å². The summed E-state index contributed by atoms with van der Waals surface area (Å²) in [5.74, 6) is -0.637. The molecule has 0 radical (unpaired) electrons. The van der Waals surface area contributed by atoms with Crippen molar-refractivity contribution < 1.29 is 18.3 Å². The number of rotatable bonds is 6. The lowest BCUT2D eigenvalue weighted by Gasteiger charge is -2.09. The molecule has 0 aliphatic heterocycles. The van der Waals surface area contributed by atoms with E-state index in [-0.39, 0.29) is 16.5 Å². The lowest BCUT2D eigenvalue weighted by Crippen LogP contribution is -2.15. The Kier molecular flexibility index (Phi) is 5.99. The van der Waals surface area contributed by atoms with Crippen molar-refractivity contribution in [1.29, 1.82) is 0 Å². The Bertz CT molecular complexity index is 1020. The quantitative estimate of drug-likeness (QED) is 0.572. The van der Waals surface area contributed by atoms with Crippen molar-refractivity contribution in [2.24, 2.45) is 0 Å². The van der Waals surface area contributed by atoms with E-state index >= 15 is 0 Å². The Morgan fingerprint density at radius 1 is 1.32 bits per heavy atom. The van der Waals surface area contributed by atoms with Crippen molar-refractivity contribution in [3.05, 3.63) is 57.0 Å². The van der Waals surface area contributed by atoms with Crippen LogP contribution in [0.4, 0.5) is 14.5 Å². The highest BCUT2D eigenvalue weighted by Crippen LogP contribution is 2.29. The van der Waals surface area contributed by atoms with Gasteiger partial charge in [-0.2, -0.15) is 19.0 Å². The molecular formula is C17H15BrClF2N5O2. The smallest absolute Gasteiger partial charge is 0.387 e. The molecule has 0 atom stereocenters. The van der Waals surface area contributed by atoms with Crippen LogP contribution in [0.2, 0.25) is 5.02 Å². The molecule has 28 heavy (non-hydrogen) atoms. The molecule has 0 unspecified atom stereocenters. The van der Waals surface area contributed by atoms with Crippen LogP contribution in [0.3, 0.4) is 0 Å². The Hall–Kier alpha value is -2.46. The molecule has 3 aromatic rings. The maximum atomic E-state index is 12.4. The molecule has 0 spiro atoms. The average Bonchev–Trinajstić information content (AvgIpc) is 3.18. The van der Waals surface area contributed by atoms with Crippen molar-refractivity contribution in [3.8, 4) is 5.75 Å². The zero-order valence-electron chi connectivity index (χ0n) is 14.8. The van der Waals surface area contributed by atoms with Gasteiger partial charge in [-0.3, -0.25) is 9.48 Å². The van der Waals surface area contributed by atoms with Gasteiger partial charge in [-0.25, -0.2) is 4.68 Å². The molecule has 2 aromatic heterocycles. The first-order chi connectivity index (χ1) is 13.2. The van der Waals surface area contributed by atoms with Crippen molar-refractivity contribution in [1.82, 2.24) is 19.6 Å². The molecular weight excluding hydrogens is 460 g/mol. The molecule has 0 aliphatic rings. The van der Waals surface area contributed by atoms with Gasteiger partial charge in [0.25, 0.3) is 5.91 Å². The number of hydrogen-bond donors (Lipinski definition) is 1. The van der Waals surface area contributed by atoms with E-state index in [1.807, 2.05) is 13.8 Å². The Morgan fingerprint density at radius 2 is 2.07 bits per heavy atom. The number of carbonyl (C=O) groups excluding carboxylic acids is 1. The summed E-state index contributed by atoms with van der Waals surface area (Å²) in [6.45, 7) is 1.17. The van der Waals surface area contributed by atoms with Crippen LogP contribution in [0.25, 0.3) is 0 Å². The van der Waals surface area contributed by atoms with Gasteiger partial charge in [-0.05, 0) is 54.0 Å². The number of anilines is 1. The summed E-state index contributed by atoms with van der Waals surface area (Å²) in [7, 11) is 0. The molecule has 1 N–H and O–H groups in total. The SMILES string of the molecule is Cc1nn(Cn2ccc(C(=O)Nc3ccc(OC(F)F)c(Cl)c3)n2)c(C)c1Br. The van der Waals surface area contributed by atoms with E-state index in [0.29, 0.717) is 12.4 Å². The van der Waals surface area contributed by atoms with Gasteiger partial charge in [-0.1, -0.05) is 11.6 Å². The minimum Gasteiger partial charge on any atom is -0.433 e. The van der Waals surface area contributed by atoms with E-state index in [1.165, 1.54) is 18.2 Å². The first kappa shape index (κ1) is 20.3. The maximum Gasteiger partial charge on any atom is 0.387 e. The highest BCUT2D eigenvalue weighted by Gasteiger charge is 2.14. The number of hydrogen-bond acceptors (Lipinski definition) is 4. The van der Waals surface area contributed by atoms with Gasteiger partial charge >= 0.3 is 6.61 Å². The summed E-state index contributed by atoms with van der Waals surface area (Å²) in [6.07, 6.45) is 1.66. The number of ether oxygens (including phenoxy) is 1. The van der Waals surface area contributed by atoms with Crippen LogP contribution in [-0.2, 0) is 6.67 Å². The fraction of sp³-hybridized carbons (Fsp3) is 0.235. The minimum atomic E-state index is -2.98. The van der Waals surface area contributed by atoms with Crippen LogP contribution < -0.4 is 10.1 Å². The van der Waals surface area contributed by atoms with E-state index in [1.54, 1.807) is 21.6 Å². The minimum absolute atomic E-state index is 0.0428. The Labute approximate surface area is 172 Å². The van der Waals surface area contributed by atoms with Crippen LogP contribution in [0.15, 0.2) is 34.9 Å². The van der Waals surface area contributed by atoms with Gasteiger partial charge in [0, 0.05) is 11.9 Å². The van der Waals surface area contributed by atoms with Crippen LogP contribution in [0.1, 0.15) is 21.9 Å². The van der Waals surface area contributed by atoms with Gasteiger partial charge in [0.05, 0.1) is 20.9 Å². The average molecular weight is 475 g/mol. The number of alkyl halides is 2. The summed E-state index contributed by atoms with van der Waals surface area (Å²) in [4.78, 5) is 12.4. The molecule has 7 nitrogen and oxygen atoms in total. The number of aryl methyl sites for hydroxylation is 1. The summed E-state index contributed by atoms with van der Waals surface area (Å²) in [5, 5.41) is 11.2. The van der Waals surface area contributed by atoms with Crippen molar-refractivity contribution in [2.45, 2.75) is 27.1 Å². The largest absolute Gasteiger partial charge is 0.433 e. The number of nitrogens with zero attached hydrogens (tertiary/aromatic N) is 4. The summed E-state index contributed by atoms with van der Waals surface area (Å²) < 4.78 is 33.1. The number of aromatic nitrogens is 4. The van der Waals surface area contributed by atoms with Gasteiger partial charge in [0.15, 0.2) is 5.69 Å². The fourth-order valence-electron chi connectivity index (χ4n) is 2.48. The van der Waals surface area contributed by atoms with Crippen LogP contribution in [0.5, 0.6) is 5.75 Å². The number of benzene rings is 1. The van der Waals surface area contributed by atoms with Crippen LogP contribution in [-0.4, -0.2) is 32.1 Å². The van der Waals surface area contributed by atoms with Gasteiger partial charge in [-0.15, -0.1) is 0 Å². The molecule has 0 aliphatic carbocycles. The molecule has 1 aromatic carbocycles. The van der Waals surface area contributed by atoms with Crippen LogP contribution in [0, 0.1) is 13.8 Å². The van der Waals surface area contributed by atoms with E-state index in [4.69, 9.17) is 11.6 Å². The second-order valence-corrected chi connectivity index (χ2v) is 7.04. The highest BCUT2D eigenvalue weighted by atomic mass is 79.9. The third-order valence-electron chi connectivity index (χ3n) is 3.85. The first-order valence-corrected chi connectivity index (χ1v) is 9.20. The zero-order valence-corrected chi connectivity index (χ0v) is 17.1. The van der Waals surface area contributed by atoms with Gasteiger partial charge in [0.2, 0.25) is 0 Å². The summed E-state index contributed by atoms with van der Waals surface area (Å²) >= 11 is 9.35. The van der Waals surface area contributed by atoms with E-state index < -0.39 is 12.5 Å². The highest BCUT2D eigenvalue weighted by molar-refractivity contribution is 9.10. The molecule has 1 amide bonds. The number of amides is 1. The number of nitrogens with one attached hydrogen (secondary N) is 1. The monoisotopic (exact) mass is 473 g/mol. The predicted molar refractivity (Wildman–Crippen MR) is 103 cm³/mol. The van der Waals surface area contributed by atoms with E-state index in [9.17, 15) is 13.6 Å². The molecule has 3 rings (SSSR count). The summed E-state index contributed by atoms with van der Waals surface area (Å²) in [6, 6.07) is 5.54. The molecule has 11 heteroatoms. The maximum absolute atomic E-state index is 12.4. The van der Waals surface area contributed by atoms with Gasteiger partial charge < -0.3 is 10.1 Å². The van der Waals surface area contributed by atoms with E-state index in [2.05, 4.69) is 36.2 Å². The number of halogens is 4. The molecule has 0 saturated heterocycles. The lowest BCUT2D eigenvalue weighted by molar-refractivity contribution is -0.0497. The second kappa shape index (κ2) is 8.27. The lowest BCUT2D eigenvalue weighted by atomic mass is 10.3. The standard InChI is InChI=1S/C17H15BrClF2N5O2/c1-9-15(18)10(2)26(23-9)8-25-6-5-13(24-25)16(27)22-11-3-4-14(12(19)7-11)28-17(20)21/h3-7,17H,8H2,1-2H3,(H,22,27). The Balaban J connectivity index is 1.69. The second-order valence-electron chi connectivity index (χ2n) is 5.84. The Morgan fingerprint density at radius 3 is 2.68 bits per heavy atom. The van der Waals surface area contributed by atoms with Crippen molar-refractivity contribution in [3.63, 3.8) is 0 Å². The molecule has 2 heterocycles. The van der Waals surface area contributed by atoms with E-state index in [0.717, 1.165) is 15.9 Å². The summed E-state index contributed by atoms with van der Waals surface area (Å²) in [5.41, 5.74) is 2.32. The zero-order chi connectivity index (χ0) is 20.4. The molecule has 0 fully saturated rings. The topological polar surface area (TPSA) is 74.0 Å². The van der Waals surface area contributed by atoms with Crippen molar-refractivity contribution >= 4 is 39.1 Å². The molecule has 0 bridgehead atoms. The normalized spacial score (nSPS) is 11.1. The first-order valence-electron chi connectivity index (χ1n) is 8.03. The molecule has 0 saturated carbocycles. The molecule has 148 valence electrons. The van der Waals surface area contributed by atoms with Crippen LogP contribution >= 0.6 is 27.5 Å². The third kappa shape index (κ3) is 4.50.